The van der Waals surface area contributed by atoms with Crippen LogP contribution in [0.4, 0.5) is 0 Å². The molecule has 6 heteroatoms. The molecular weight excluding hydrogens is 228 g/mol. The first-order chi connectivity index (χ1) is 8.04. The van der Waals surface area contributed by atoms with Gasteiger partial charge in [0.05, 0.1) is 6.10 Å². The fourth-order valence-corrected chi connectivity index (χ4v) is 2.03. The number of ether oxygens (including phenoxy) is 5. The van der Waals surface area contributed by atoms with Crippen LogP contribution in [0.2, 0.25) is 0 Å². The minimum Gasteiger partial charge on any atom is -0.457 e. The molecule has 1 aliphatic heterocycles. The summed E-state index contributed by atoms with van der Waals surface area (Å²) < 4.78 is 26.6. The molecular formula is C11H20O6. The molecule has 17 heavy (non-hydrogen) atoms. The van der Waals surface area contributed by atoms with Gasteiger partial charge >= 0.3 is 5.97 Å². The van der Waals surface area contributed by atoms with Crippen molar-refractivity contribution in [3.63, 3.8) is 0 Å². The molecule has 0 aliphatic carbocycles. The van der Waals surface area contributed by atoms with Gasteiger partial charge in [-0.25, -0.2) is 0 Å². The molecule has 6 nitrogen and oxygen atoms in total. The van der Waals surface area contributed by atoms with Crippen LogP contribution in [0.15, 0.2) is 0 Å². The third-order valence-electron chi connectivity index (χ3n) is 2.81. The van der Waals surface area contributed by atoms with E-state index in [0.29, 0.717) is 0 Å². The maximum atomic E-state index is 11.1. The smallest absolute Gasteiger partial charge is 0.303 e. The van der Waals surface area contributed by atoms with Crippen LogP contribution < -0.4 is 0 Å². The first kappa shape index (κ1) is 14.4. The Morgan fingerprint density at radius 3 is 2.00 bits per heavy atom. The zero-order valence-electron chi connectivity index (χ0n) is 10.8. The molecule has 0 radical (unpaired) electrons. The molecule has 1 saturated heterocycles. The second-order valence-corrected chi connectivity index (χ2v) is 3.92. The van der Waals surface area contributed by atoms with E-state index in [1.54, 1.807) is 6.92 Å². The molecule has 1 fully saturated rings. The molecule has 5 atom stereocenters. The van der Waals surface area contributed by atoms with E-state index in [0.717, 1.165) is 0 Å². The van der Waals surface area contributed by atoms with Gasteiger partial charge in [0.25, 0.3) is 0 Å². The molecule has 1 aliphatic rings. The first-order valence-electron chi connectivity index (χ1n) is 5.46. The van der Waals surface area contributed by atoms with Crippen molar-refractivity contribution in [1.82, 2.24) is 0 Å². The number of rotatable bonds is 4. The topological polar surface area (TPSA) is 63.2 Å². The minimum absolute atomic E-state index is 0.319. The Labute approximate surface area is 101 Å². The SMILES string of the molecule is COC1OC(C)C(OC(C)=O)C(OC)C1OC. The Morgan fingerprint density at radius 2 is 1.59 bits per heavy atom. The van der Waals surface area contributed by atoms with Crippen molar-refractivity contribution < 1.29 is 28.5 Å². The highest BCUT2D eigenvalue weighted by atomic mass is 16.7. The molecule has 0 aromatic rings. The van der Waals surface area contributed by atoms with Crippen molar-refractivity contribution in [2.75, 3.05) is 21.3 Å². The maximum absolute atomic E-state index is 11.1. The highest BCUT2D eigenvalue weighted by Crippen LogP contribution is 2.27. The van der Waals surface area contributed by atoms with E-state index in [1.165, 1.54) is 28.3 Å². The molecule has 0 amide bonds. The van der Waals surface area contributed by atoms with E-state index in [9.17, 15) is 4.79 Å². The van der Waals surface area contributed by atoms with Crippen LogP contribution in [0.25, 0.3) is 0 Å². The van der Waals surface area contributed by atoms with Gasteiger partial charge in [0, 0.05) is 28.3 Å². The second-order valence-electron chi connectivity index (χ2n) is 3.92. The Morgan fingerprint density at radius 1 is 1.00 bits per heavy atom. The summed E-state index contributed by atoms with van der Waals surface area (Å²) in [6, 6.07) is 0. The summed E-state index contributed by atoms with van der Waals surface area (Å²) in [5.74, 6) is -0.377. The molecule has 0 N–H and O–H groups in total. The number of hydrogen-bond acceptors (Lipinski definition) is 6. The van der Waals surface area contributed by atoms with Gasteiger partial charge in [-0.15, -0.1) is 0 Å². The zero-order chi connectivity index (χ0) is 13.0. The van der Waals surface area contributed by atoms with Gasteiger partial charge in [0.1, 0.15) is 12.2 Å². The summed E-state index contributed by atoms with van der Waals surface area (Å²) in [7, 11) is 4.60. The van der Waals surface area contributed by atoms with Crippen molar-refractivity contribution in [3.8, 4) is 0 Å². The molecule has 0 saturated carbocycles. The van der Waals surface area contributed by atoms with E-state index in [1.807, 2.05) is 0 Å². The van der Waals surface area contributed by atoms with E-state index in [-0.39, 0.29) is 12.1 Å². The van der Waals surface area contributed by atoms with Crippen LogP contribution >= 0.6 is 0 Å². The molecule has 1 heterocycles. The van der Waals surface area contributed by atoms with Gasteiger partial charge in [-0.05, 0) is 6.92 Å². The Hall–Kier alpha value is -0.690. The highest BCUT2D eigenvalue weighted by molar-refractivity contribution is 5.66. The minimum atomic E-state index is -0.535. The maximum Gasteiger partial charge on any atom is 0.303 e. The summed E-state index contributed by atoms with van der Waals surface area (Å²) >= 11 is 0. The van der Waals surface area contributed by atoms with Crippen LogP contribution in [0, 0.1) is 0 Å². The number of methoxy groups -OCH3 is 3. The van der Waals surface area contributed by atoms with Crippen LogP contribution in [0.5, 0.6) is 0 Å². The molecule has 100 valence electrons. The van der Waals surface area contributed by atoms with Crippen LogP contribution in [0.1, 0.15) is 13.8 Å². The van der Waals surface area contributed by atoms with Gasteiger partial charge in [-0.2, -0.15) is 0 Å². The monoisotopic (exact) mass is 248 g/mol. The Kier molecular flexibility index (Phi) is 5.32. The first-order valence-corrected chi connectivity index (χ1v) is 5.46. The Bertz CT molecular complexity index is 256. The fourth-order valence-electron chi connectivity index (χ4n) is 2.03. The third-order valence-corrected chi connectivity index (χ3v) is 2.81. The number of esters is 1. The molecule has 5 unspecified atom stereocenters. The molecule has 0 bridgehead atoms. The predicted octanol–water partition coefficient (Wildman–Crippen LogP) is 0.339. The summed E-state index contributed by atoms with van der Waals surface area (Å²) in [6.45, 7) is 3.15. The summed E-state index contributed by atoms with van der Waals surface area (Å²) in [5, 5.41) is 0. The van der Waals surface area contributed by atoms with E-state index < -0.39 is 24.6 Å². The van der Waals surface area contributed by atoms with Gasteiger partial charge in [0.15, 0.2) is 12.4 Å². The second kappa shape index (κ2) is 6.30. The predicted molar refractivity (Wildman–Crippen MR) is 58.5 cm³/mol. The summed E-state index contributed by atoms with van der Waals surface area (Å²) in [6.07, 6.45) is -2.22. The van der Waals surface area contributed by atoms with Gasteiger partial charge < -0.3 is 23.7 Å². The lowest BCUT2D eigenvalue weighted by atomic mass is 9.99. The number of carbonyl (C=O) groups is 1. The van der Waals surface area contributed by atoms with Crippen molar-refractivity contribution in [2.24, 2.45) is 0 Å². The van der Waals surface area contributed by atoms with Crippen molar-refractivity contribution in [1.29, 1.82) is 0 Å². The molecule has 0 spiro atoms. The van der Waals surface area contributed by atoms with Crippen molar-refractivity contribution in [2.45, 2.75) is 44.6 Å². The van der Waals surface area contributed by atoms with Gasteiger partial charge in [0.2, 0.25) is 0 Å². The lowest BCUT2D eigenvalue weighted by molar-refractivity contribution is -0.297. The lowest BCUT2D eigenvalue weighted by Gasteiger charge is -2.43. The Balaban J connectivity index is 2.86. The van der Waals surface area contributed by atoms with Crippen molar-refractivity contribution >= 4 is 5.97 Å². The van der Waals surface area contributed by atoms with Gasteiger partial charge in [-0.3, -0.25) is 4.79 Å². The number of carbonyl (C=O) groups excluding carboxylic acids is 1. The van der Waals surface area contributed by atoms with Crippen molar-refractivity contribution in [3.05, 3.63) is 0 Å². The van der Waals surface area contributed by atoms with E-state index in [2.05, 4.69) is 0 Å². The van der Waals surface area contributed by atoms with Crippen LogP contribution in [0.3, 0.4) is 0 Å². The third kappa shape index (κ3) is 3.16. The molecule has 0 aromatic heterocycles. The summed E-state index contributed by atoms with van der Waals surface area (Å²) in [5.41, 5.74) is 0. The molecule has 1 rings (SSSR count). The lowest BCUT2D eigenvalue weighted by Crippen LogP contribution is -2.59. The normalized spacial score (nSPS) is 37.8. The number of hydrogen-bond donors (Lipinski definition) is 0. The highest BCUT2D eigenvalue weighted by Gasteiger charge is 2.47. The average Bonchev–Trinajstić information content (AvgIpc) is 2.30. The largest absolute Gasteiger partial charge is 0.457 e. The molecule has 0 aromatic carbocycles. The van der Waals surface area contributed by atoms with Crippen LogP contribution in [-0.4, -0.2) is 58.0 Å². The van der Waals surface area contributed by atoms with Gasteiger partial charge in [-0.1, -0.05) is 0 Å². The van der Waals surface area contributed by atoms with Crippen LogP contribution in [-0.2, 0) is 28.5 Å². The fraction of sp³-hybridized carbons (Fsp3) is 0.909. The zero-order valence-corrected chi connectivity index (χ0v) is 10.8. The van der Waals surface area contributed by atoms with E-state index >= 15 is 0 Å². The van der Waals surface area contributed by atoms with E-state index in [4.69, 9.17) is 23.7 Å². The quantitative estimate of drug-likeness (QED) is 0.668. The summed E-state index contributed by atoms with van der Waals surface area (Å²) in [4.78, 5) is 11.1. The average molecular weight is 248 g/mol. The standard InChI is InChI=1S/C11H20O6/c1-6-8(17-7(2)12)9(13-3)10(14-4)11(15-5)16-6/h6,8-11H,1-5H3.